The molecule has 0 unspecified atom stereocenters. The number of benzene rings is 2. The third-order valence-electron chi connectivity index (χ3n) is 3.59. The quantitative estimate of drug-likeness (QED) is 0.655. The maximum absolute atomic E-state index is 13.1. The summed E-state index contributed by atoms with van der Waals surface area (Å²) in [5.74, 6) is -0.0941. The molecule has 25 heavy (non-hydrogen) atoms. The highest BCUT2D eigenvalue weighted by Gasteiger charge is 2.16. The fourth-order valence-corrected chi connectivity index (χ4v) is 2.62. The number of carbonyl (C=O) groups is 1. The van der Waals surface area contributed by atoms with E-state index in [1.165, 1.54) is 16.9 Å². The van der Waals surface area contributed by atoms with Gasteiger partial charge in [0.1, 0.15) is 12.4 Å². The van der Waals surface area contributed by atoms with Crippen LogP contribution < -0.4 is 4.90 Å². The third kappa shape index (κ3) is 4.08. The van der Waals surface area contributed by atoms with Crippen LogP contribution in [0.3, 0.4) is 0 Å². The first-order valence-electron chi connectivity index (χ1n) is 7.66. The number of hydrogen-bond acceptors (Lipinski definition) is 4. The molecule has 0 bridgehead atoms. The molecule has 1 heterocycles. The number of amides is 1. The third-order valence-corrected chi connectivity index (χ3v) is 4.12. The van der Waals surface area contributed by atoms with Crippen LogP contribution >= 0.6 is 15.9 Å². The molecule has 0 saturated carbocycles. The Bertz CT molecular complexity index is 864. The number of aromatic nitrogens is 4. The predicted molar refractivity (Wildman–Crippen MR) is 95.4 cm³/mol. The molecule has 0 aliphatic rings. The molecule has 0 saturated heterocycles. The smallest absolute Gasteiger partial charge is 0.250 e. The molecule has 1 aromatic heterocycles. The Morgan fingerprint density at radius 1 is 1.16 bits per heavy atom. The first-order chi connectivity index (χ1) is 12.1. The van der Waals surface area contributed by atoms with E-state index in [0.717, 1.165) is 10.0 Å². The SMILES string of the molecule is CCN(C(=O)Cn1nnc(-c2ccc(Br)cc2)n1)c1ccc(F)cc1. The number of rotatable bonds is 5. The summed E-state index contributed by atoms with van der Waals surface area (Å²) in [4.78, 5) is 15.3. The van der Waals surface area contributed by atoms with Crippen molar-refractivity contribution in [1.82, 2.24) is 20.2 Å². The number of tetrazole rings is 1. The van der Waals surface area contributed by atoms with Gasteiger partial charge in [-0.15, -0.1) is 10.2 Å². The molecule has 128 valence electrons. The zero-order valence-electron chi connectivity index (χ0n) is 13.4. The van der Waals surface area contributed by atoms with Crippen molar-refractivity contribution in [3.63, 3.8) is 0 Å². The monoisotopic (exact) mass is 403 g/mol. The first kappa shape index (κ1) is 17.2. The lowest BCUT2D eigenvalue weighted by Gasteiger charge is -2.20. The van der Waals surface area contributed by atoms with E-state index in [9.17, 15) is 9.18 Å². The molecule has 0 N–H and O–H groups in total. The molecular weight excluding hydrogens is 389 g/mol. The summed E-state index contributed by atoms with van der Waals surface area (Å²) >= 11 is 3.37. The second-order valence-corrected chi connectivity index (χ2v) is 6.18. The van der Waals surface area contributed by atoms with Gasteiger partial charge in [0.05, 0.1) is 0 Å². The average Bonchev–Trinajstić information content (AvgIpc) is 3.06. The van der Waals surface area contributed by atoms with Crippen LogP contribution in [0.5, 0.6) is 0 Å². The lowest BCUT2D eigenvalue weighted by molar-refractivity contribution is -0.119. The first-order valence-corrected chi connectivity index (χ1v) is 8.46. The topological polar surface area (TPSA) is 63.9 Å². The van der Waals surface area contributed by atoms with Crippen LogP contribution in [-0.4, -0.2) is 32.7 Å². The fraction of sp³-hybridized carbons (Fsp3) is 0.176. The Kier molecular flexibility index (Phi) is 5.18. The second-order valence-electron chi connectivity index (χ2n) is 5.26. The number of halogens is 2. The molecule has 0 aliphatic heterocycles. The standard InChI is InChI=1S/C17H15BrFN5O/c1-2-23(15-9-7-14(19)8-10-15)16(25)11-24-21-17(20-22-24)12-3-5-13(18)6-4-12/h3-10H,2,11H2,1H3. The van der Waals surface area contributed by atoms with Gasteiger partial charge in [0.25, 0.3) is 5.91 Å². The molecule has 8 heteroatoms. The second kappa shape index (κ2) is 7.52. The van der Waals surface area contributed by atoms with Crippen LogP contribution in [0.2, 0.25) is 0 Å². The summed E-state index contributed by atoms with van der Waals surface area (Å²) in [5, 5.41) is 12.2. The largest absolute Gasteiger partial charge is 0.311 e. The van der Waals surface area contributed by atoms with Gasteiger partial charge in [-0.2, -0.15) is 4.80 Å². The van der Waals surface area contributed by atoms with Crippen LogP contribution in [0.25, 0.3) is 11.4 Å². The van der Waals surface area contributed by atoms with E-state index in [2.05, 4.69) is 31.3 Å². The minimum atomic E-state index is -0.343. The number of hydrogen-bond donors (Lipinski definition) is 0. The van der Waals surface area contributed by atoms with Gasteiger partial charge in [0, 0.05) is 22.3 Å². The van der Waals surface area contributed by atoms with Gasteiger partial charge in [-0.25, -0.2) is 4.39 Å². The minimum Gasteiger partial charge on any atom is -0.311 e. The van der Waals surface area contributed by atoms with E-state index in [-0.39, 0.29) is 18.3 Å². The number of anilines is 1. The summed E-state index contributed by atoms with van der Waals surface area (Å²) in [6, 6.07) is 13.3. The highest BCUT2D eigenvalue weighted by molar-refractivity contribution is 9.10. The predicted octanol–water partition coefficient (Wildman–Crippen LogP) is 3.29. The molecule has 0 radical (unpaired) electrons. The Labute approximate surface area is 152 Å². The molecule has 2 aromatic carbocycles. The van der Waals surface area contributed by atoms with Gasteiger partial charge in [0.2, 0.25) is 5.82 Å². The van der Waals surface area contributed by atoms with Crippen molar-refractivity contribution in [2.24, 2.45) is 0 Å². The van der Waals surface area contributed by atoms with Crippen molar-refractivity contribution in [2.45, 2.75) is 13.5 Å². The normalized spacial score (nSPS) is 10.7. The van der Waals surface area contributed by atoms with Crippen LogP contribution in [-0.2, 0) is 11.3 Å². The van der Waals surface area contributed by atoms with Crippen LogP contribution in [0.1, 0.15) is 6.92 Å². The van der Waals surface area contributed by atoms with Crippen molar-refractivity contribution < 1.29 is 9.18 Å². The lowest BCUT2D eigenvalue weighted by Crippen LogP contribution is -2.34. The highest BCUT2D eigenvalue weighted by atomic mass is 79.9. The molecule has 3 rings (SSSR count). The average molecular weight is 404 g/mol. The zero-order chi connectivity index (χ0) is 17.8. The van der Waals surface area contributed by atoms with Gasteiger partial charge in [-0.1, -0.05) is 15.9 Å². The number of nitrogens with zero attached hydrogens (tertiary/aromatic N) is 5. The van der Waals surface area contributed by atoms with Crippen LogP contribution in [0.15, 0.2) is 53.0 Å². The summed E-state index contributed by atoms with van der Waals surface area (Å²) < 4.78 is 14.0. The van der Waals surface area contributed by atoms with Crippen molar-refractivity contribution in [3.05, 3.63) is 58.8 Å². The van der Waals surface area contributed by atoms with Gasteiger partial charge in [-0.3, -0.25) is 4.79 Å². The van der Waals surface area contributed by atoms with Crippen molar-refractivity contribution >= 4 is 27.5 Å². The molecule has 6 nitrogen and oxygen atoms in total. The Morgan fingerprint density at radius 3 is 2.48 bits per heavy atom. The van der Waals surface area contributed by atoms with Crippen molar-refractivity contribution in [1.29, 1.82) is 0 Å². The molecule has 0 atom stereocenters. The summed E-state index contributed by atoms with van der Waals surface area (Å²) in [6.45, 7) is 2.26. The molecule has 1 amide bonds. The molecular formula is C17H15BrFN5O. The summed E-state index contributed by atoms with van der Waals surface area (Å²) in [5.41, 5.74) is 1.44. The van der Waals surface area contributed by atoms with E-state index in [1.807, 2.05) is 31.2 Å². The lowest BCUT2D eigenvalue weighted by atomic mass is 10.2. The number of likely N-dealkylation sites (N-methyl/N-ethyl adjacent to an activating group) is 1. The minimum absolute atomic E-state index is 0.0469. The number of carbonyl (C=O) groups excluding carboxylic acids is 1. The van der Waals surface area contributed by atoms with Gasteiger partial charge < -0.3 is 4.90 Å². The van der Waals surface area contributed by atoms with Crippen LogP contribution in [0, 0.1) is 5.82 Å². The fourth-order valence-electron chi connectivity index (χ4n) is 2.36. The van der Waals surface area contributed by atoms with E-state index < -0.39 is 0 Å². The van der Waals surface area contributed by atoms with E-state index in [1.54, 1.807) is 17.0 Å². The Hall–Kier alpha value is -2.61. The highest BCUT2D eigenvalue weighted by Crippen LogP contribution is 2.18. The van der Waals surface area contributed by atoms with Crippen molar-refractivity contribution in [2.75, 3.05) is 11.4 Å². The Morgan fingerprint density at radius 2 is 1.84 bits per heavy atom. The maximum Gasteiger partial charge on any atom is 0.250 e. The van der Waals surface area contributed by atoms with E-state index in [0.29, 0.717) is 18.1 Å². The van der Waals surface area contributed by atoms with Crippen LogP contribution in [0.4, 0.5) is 10.1 Å². The van der Waals surface area contributed by atoms with E-state index >= 15 is 0 Å². The summed E-state index contributed by atoms with van der Waals surface area (Å²) in [7, 11) is 0. The van der Waals surface area contributed by atoms with Crippen molar-refractivity contribution in [3.8, 4) is 11.4 Å². The van der Waals surface area contributed by atoms with Gasteiger partial charge in [0.15, 0.2) is 0 Å². The molecule has 3 aromatic rings. The van der Waals surface area contributed by atoms with E-state index in [4.69, 9.17) is 0 Å². The Balaban J connectivity index is 1.74. The molecule has 0 fully saturated rings. The maximum atomic E-state index is 13.1. The summed E-state index contributed by atoms with van der Waals surface area (Å²) in [6.07, 6.45) is 0. The molecule has 0 spiro atoms. The van der Waals surface area contributed by atoms with Gasteiger partial charge >= 0.3 is 0 Å². The molecule has 0 aliphatic carbocycles. The zero-order valence-corrected chi connectivity index (χ0v) is 15.0. The van der Waals surface area contributed by atoms with Gasteiger partial charge in [-0.05, 0) is 60.7 Å².